The topological polar surface area (TPSA) is 156 Å². The molecular formula is C28H22ClF7N10O2. The lowest BCUT2D eigenvalue weighted by Gasteiger charge is -2.26. The summed E-state index contributed by atoms with van der Waals surface area (Å²) < 4.78 is 94.5. The van der Waals surface area contributed by atoms with Crippen LogP contribution in [-0.2, 0) is 12.2 Å². The molecule has 3 aromatic heterocycles. The Kier molecular flexibility index (Phi) is 8.90. The molecule has 1 aliphatic carbocycles. The fraction of sp³-hybridized carbons (Fsp3) is 0.357. The van der Waals surface area contributed by atoms with E-state index in [0.29, 0.717) is 11.5 Å². The highest BCUT2D eigenvalue weighted by Crippen LogP contribution is 2.51. The summed E-state index contributed by atoms with van der Waals surface area (Å²) in [5, 5.41) is 27.9. The summed E-state index contributed by atoms with van der Waals surface area (Å²) in [6.07, 6.45) is -9.74. The Hall–Kier alpha value is -5.12. The zero-order valence-electron chi connectivity index (χ0n) is 24.7. The van der Waals surface area contributed by atoms with E-state index in [1.54, 1.807) is 6.92 Å². The SMILES string of the molecule is Cc1cc(C#N)cc(C(=O)NC(C)C2CC2)c1NC(=O)c1cc(Cn2nnc(C(F)(C(F)(F)F)C(F)(F)F)n2)nn1-c1ncccc1Cl. The number of hydrogen-bond acceptors (Lipinski definition) is 8. The molecular weight excluding hydrogens is 677 g/mol. The van der Waals surface area contributed by atoms with E-state index in [1.807, 2.05) is 13.0 Å². The van der Waals surface area contributed by atoms with Gasteiger partial charge >= 0.3 is 18.0 Å². The number of rotatable bonds is 9. The number of carbonyl (C=O) groups is 2. The van der Waals surface area contributed by atoms with Crippen molar-refractivity contribution in [2.75, 3.05) is 5.32 Å². The molecule has 1 atom stereocenters. The van der Waals surface area contributed by atoms with Crippen LogP contribution in [0.4, 0.5) is 36.4 Å². The lowest BCUT2D eigenvalue weighted by atomic mass is 10.0. The first kappa shape index (κ1) is 34.2. The van der Waals surface area contributed by atoms with Crippen LogP contribution >= 0.6 is 11.6 Å². The molecule has 2 N–H and O–H groups in total. The molecule has 1 fully saturated rings. The second-order valence-corrected chi connectivity index (χ2v) is 11.3. The first-order valence-electron chi connectivity index (χ1n) is 13.9. The van der Waals surface area contributed by atoms with E-state index >= 15 is 0 Å². The minimum Gasteiger partial charge on any atom is -0.349 e. The Bertz CT molecular complexity index is 1910. The fourth-order valence-electron chi connectivity index (χ4n) is 4.74. The second-order valence-electron chi connectivity index (χ2n) is 10.9. The third-order valence-corrected chi connectivity index (χ3v) is 7.71. The molecule has 2 amide bonds. The van der Waals surface area contributed by atoms with Gasteiger partial charge in [-0.05, 0) is 73.7 Å². The number of nitrogens with one attached hydrogen (secondary N) is 2. The monoisotopic (exact) mass is 698 g/mol. The van der Waals surface area contributed by atoms with Crippen LogP contribution < -0.4 is 10.6 Å². The number of aromatic nitrogens is 7. The normalized spacial score (nSPS) is 14.4. The quantitative estimate of drug-likeness (QED) is 0.226. The number of nitriles is 1. The average molecular weight is 699 g/mol. The van der Waals surface area contributed by atoms with Gasteiger partial charge in [-0.15, -0.1) is 10.2 Å². The van der Waals surface area contributed by atoms with Crippen molar-refractivity contribution >= 4 is 29.1 Å². The van der Waals surface area contributed by atoms with E-state index in [-0.39, 0.29) is 49.9 Å². The average Bonchev–Trinajstić information content (AvgIpc) is 3.63. The van der Waals surface area contributed by atoms with Gasteiger partial charge < -0.3 is 10.6 Å². The summed E-state index contributed by atoms with van der Waals surface area (Å²) in [6.45, 7) is 2.61. The van der Waals surface area contributed by atoms with Gasteiger partial charge in [0.15, 0.2) is 5.82 Å². The summed E-state index contributed by atoms with van der Waals surface area (Å²) in [5.74, 6) is -3.57. The molecule has 12 nitrogen and oxygen atoms in total. The van der Waals surface area contributed by atoms with E-state index in [1.165, 1.54) is 30.5 Å². The molecule has 0 radical (unpaired) electrons. The molecule has 5 rings (SSSR count). The van der Waals surface area contributed by atoms with Crippen molar-refractivity contribution in [2.24, 2.45) is 5.92 Å². The number of tetrazole rings is 1. The molecule has 1 unspecified atom stereocenters. The maximum atomic E-state index is 14.4. The lowest BCUT2D eigenvalue weighted by Crippen LogP contribution is -2.51. The van der Waals surface area contributed by atoms with Crippen LogP contribution in [0.5, 0.6) is 0 Å². The van der Waals surface area contributed by atoms with E-state index in [2.05, 4.69) is 36.1 Å². The highest BCUT2D eigenvalue weighted by atomic mass is 35.5. The second kappa shape index (κ2) is 12.5. The van der Waals surface area contributed by atoms with Crippen LogP contribution in [0.25, 0.3) is 5.82 Å². The number of carbonyl (C=O) groups excluding carboxylic acids is 2. The number of amides is 2. The van der Waals surface area contributed by atoms with Gasteiger partial charge in [-0.3, -0.25) is 9.59 Å². The molecule has 3 heterocycles. The van der Waals surface area contributed by atoms with Gasteiger partial charge in [0.1, 0.15) is 12.2 Å². The van der Waals surface area contributed by atoms with Gasteiger partial charge in [-0.25, -0.2) is 14.1 Å². The Morgan fingerprint density at radius 1 is 1.08 bits per heavy atom. The van der Waals surface area contributed by atoms with Crippen molar-refractivity contribution in [1.82, 2.24) is 40.3 Å². The zero-order chi connectivity index (χ0) is 35.2. The predicted molar refractivity (Wildman–Crippen MR) is 152 cm³/mol. The fourth-order valence-corrected chi connectivity index (χ4v) is 4.95. The Morgan fingerprint density at radius 3 is 2.38 bits per heavy atom. The van der Waals surface area contributed by atoms with Gasteiger partial charge in [-0.2, -0.15) is 41.5 Å². The Balaban J connectivity index is 1.52. The zero-order valence-corrected chi connectivity index (χ0v) is 25.4. The van der Waals surface area contributed by atoms with Crippen molar-refractivity contribution in [3.8, 4) is 11.9 Å². The molecule has 4 aromatic rings. The van der Waals surface area contributed by atoms with Gasteiger partial charge in [0.25, 0.3) is 11.8 Å². The minimum absolute atomic E-state index is 0.0105. The highest BCUT2D eigenvalue weighted by Gasteiger charge is 2.76. The molecule has 0 spiro atoms. The number of hydrogen-bond donors (Lipinski definition) is 2. The third kappa shape index (κ3) is 6.52. The van der Waals surface area contributed by atoms with Crippen molar-refractivity contribution in [3.63, 3.8) is 0 Å². The van der Waals surface area contributed by atoms with Crippen LogP contribution in [0.1, 0.15) is 63.3 Å². The first-order valence-corrected chi connectivity index (χ1v) is 14.3. The largest absolute Gasteiger partial charge is 0.439 e. The van der Waals surface area contributed by atoms with E-state index in [4.69, 9.17) is 11.6 Å². The first-order chi connectivity index (χ1) is 22.4. The molecule has 0 aliphatic heterocycles. The summed E-state index contributed by atoms with van der Waals surface area (Å²) in [7, 11) is 0. The lowest BCUT2D eigenvalue weighted by molar-refractivity contribution is -0.351. The molecule has 252 valence electrons. The number of anilines is 1. The molecule has 0 bridgehead atoms. The molecule has 1 saturated carbocycles. The van der Waals surface area contributed by atoms with Crippen LogP contribution in [0.15, 0.2) is 36.5 Å². The standard InChI is InChI=1S/C28H22ClF7N10O2/c1-13-8-15(11-37)9-18(23(47)39-14(2)16-5-6-16)21(13)40-24(48)20-10-17(42-46(20)22-19(29)4-3-7-38-22)12-45-43-25(41-44-45)26(30,27(31,32)33)28(34,35)36/h3-4,7-10,14,16H,5-6,12H2,1-2H3,(H,39,47)(H,40,48). The summed E-state index contributed by atoms with van der Waals surface area (Å²) in [6, 6.07) is 8.47. The molecule has 20 heteroatoms. The van der Waals surface area contributed by atoms with Crippen LogP contribution in [0.2, 0.25) is 5.02 Å². The van der Waals surface area contributed by atoms with Gasteiger partial charge in [0.05, 0.1) is 33.6 Å². The number of benzene rings is 1. The number of nitrogens with zero attached hydrogens (tertiary/aromatic N) is 8. The summed E-state index contributed by atoms with van der Waals surface area (Å²) >= 11 is 6.28. The number of alkyl halides is 7. The Labute approximate surface area is 270 Å². The minimum atomic E-state index is -6.46. The molecule has 1 aromatic carbocycles. The van der Waals surface area contributed by atoms with E-state index < -0.39 is 42.2 Å². The molecule has 48 heavy (non-hydrogen) atoms. The van der Waals surface area contributed by atoms with Gasteiger partial charge in [0, 0.05) is 12.2 Å². The summed E-state index contributed by atoms with van der Waals surface area (Å²) in [4.78, 5) is 31.4. The van der Waals surface area contributed by atoms with Crippen molar-refractivity contribution in [2.45, 2.75) is 57.3 Å². The summed E-state index contributed by atoms with van der Waals surface area (Å²) in [5.41, 5.74) is -5.92. The van der Waals surface area contributed by atoms with Crippen molar-refractivity contribution < 1.29 is 40.3 Å². The predicted octanol–water partition coefficient (Wildman–Crippen LogP) is 5.21. The van der Waals surface area contributed by atoms with Crippen LogP contribution in [0, 0.1) is 24.2 Å². The van der Waals surface area contributed by atoms with Crippen LogP contribution in [0.3, 0.4) is 0 Å². The number of halogens is 8. The number of pyridine rings is 1. The number of aryl methyl sites for hydroxylation is 1. The maximum Gasteiger partial charge on any atom is 0.439 e. The molecule has 0 saturated heterocycles. The van der Waals surface area contributed by atoms with Crippen LogP contribution in [-0.4, -0.2) is 65.2 Å². The Morgan fingerprint density at radius 2 is 1.77 bits per heavy atom. The maximum absolute atomic E-state index is 14.4. The highest BCUT2D eigenvalue weighted by molar-refractivity contribution is 6.32. The van der Waals surface area contributed by atoms with Crippen molar-refractivity contribution in [1.29, 1.82) is 5.26 Å². The van der Waals surface area contributed by atoms with Gasteiger partial charge in [-0.1, -0.05) is 11.6 Å². The van der Waals surface area contributed by atoms with E-state index in [9.17, 15) is 45.6 Å². The smallest absolute Gasteiger partial charge is 0.349 e. The third-order valence-electron chi connectivity index (χ3n) is 7.41. The van der Waals surface area contributed by atoms with Crippen molar-refractivity contribution in [3.05, 3.63) is 75.5 Å². The molecule has 1 aliphatic rings. The van der Waals surface area contributed by atoms with Gasteiger partial charge in [0.2, 0.25) is 5.82 Å². The van der Waals surface area contributed by atoms with E-state index in [0.717, 1.165) is 23.6 Å².